The maximum atomic E-state index is 13.0. The number of nitrogens with two attached hydrogens (primary N) is 1. The molecule has 4 rings (SSSR count). The number of ketones is 1. The molecule has 3 fully saturated rings. The number of nitrogens with one attached hydrogen (secondary N) is 2. The van der Waals surface area contributed by atoms with Gasteiger partial charge in [0.2, 0.25) is 11.8 Å². The zero-order valence-electron chi connectivity index (χ0n) is 25.4. The number of nitrogens with zero attached hydrogens (tertiary/aromatic N) is 4. The van der Waals surface area contributed by atoms with Crippen LogP contribution in [0.5, 0.6) is 5.88 Å². The molecule has 1 saturated heterocycles. The van der Waals surface area contributed by atoms with Crippen LogP contribution in [-0.4, -0.2) is 81.5 Å². The molecule has 5 atom stereocenters. The van der Waals surface area contributed by atoms with Crippen LogP contribution in [0.15, 0.2) is 22.8 Å². The lowest BCUT2D eigenvalue weighted by atomic mass is 9.59. The summed E-state index contributed by atoms with van der Waals surface area (Å²) in [5.41, 5.74) is 5.68. The van der Waals surface area contributed by atoms with Crippen LogP contribution < -0.4 is 15.8 Å². The maximum Gasteiger partial charge on any atom is 0.226 e. The van der Waals surface area contributed by atoms with E-state index in [9.17, 15) is 14.7 Å². The van der Waals surface area contributed by atoms with Gasteiger partial charge in [-0.05, 0) is 79.0 Å². The van der Waals surface area contributed by atoms with Crippen molar-refractivity contribution in [1.82, 2.24) is 20.2 Å². The van der Waals surface area contributed by atoms with E-state index in [-0.39, 0.29) is 53.7 Å². The van der Waals surface area contributed by atoms with Crippen molar-refractivity contribution in [3.05, 3.63) is 23.7 Å². The number of aliphatic imine (C=N–C) groups is 1. The van der Waals surface area contributed by atoms with E-state index >= 15 is 0 Å². The van der Waals surface area contributed by atoms with Crippen molar-refractivity contribution in [2.24, 2.45) is 22.1 Å². The van der Waals surface area contributed by atoms with Gasteiger partial charge in [0.05, 0.1) is 23.7 Å². The molecular weight excluding hydrogens is 534 g/mol. The minimum Gasteiger partial charge on any atom is -0.473 e. The van der Waals surface area contributed by atoms with Crippen molar-refractivity contribution in [2.45, 2.75) is 109 Å². The first-order valence-corrected chi connectivity index (χ1v) is 15.3. The number of amides is 1. The monoisotopic (exact) mass is 581 g/mol. The highest BCUT2D eigenvalue weighted by Crippen LogP contribution is 2.48. The van der Waals surface area contributed by atoms with E-state index < -0.39 is 17.4 Å². The van der Waals surface area contributed by atoms with E-state index in [1.54, 1.807) is 12.1 Å². The van der Waals surface area contributed by atoms with E-state index in [0.717, 1.165) is 38.6 Å². The van der Waals surface area contributed by atoms with Gasteiger partial charge in [-0.3, -0.25) is 14.5 Å². The van der Waals surface area contributed by atoms with Gasteiger partial charge in [-0.15, -0.1) is 0 Å². The predicted octanol–water partition coefficient (Wildman–Crippen LogP) is 3.46. The van der Waals surface area contributed by atoms with E-state index in [1.165, 1.54) is 6.21 Å². The van der Waals surface area contributed by atoms with Crippen molar-refractivity contribution in [1.29, 1.82) is 5.41 Å². The highest BCUT2D eigenvalue weighted by Gasteiger charge is 2.51. The summed E-state index contributed by atoms with van der Waals surface area (Å²) in [6.45, 7) is 6.79. The summed E-state index contributed by atoms with van der Waals surface area (Å²) < 4.78 is 6.29. The lowest BCUT2D eigenvalue weighted by Crippen LogP contribution is -2.52. The molecule has 2 saturated carbocycles. The molecule has 1 aliphatic heterocycles. The molecule has 1 amide bonds. The van der Waals surface area contributed by atoms with Gasteiger partial charge in [-0.1, -0.05) is 12.8 Å². The fourth-order valence-electron chi connectivity index (χ4n) is 6.77. The van der Waals surface area contributed by atoms with Gasteiger partial charge in [0.1, 0.15) is 11.9 Å². The van der Waals surface area contributed by atoms with Crippen molar-refractivity contribution in [3.63, 3.8) is 0 Å². The van der Waals surface area contributed by atoms with Crippen LogP contribution in [0.3, 0.4) is 0 Å². The first-order chi connectivity index (χ1) is 20.0. The Morgan fingerprint density at radius 3 is 2.71 bits per heavy atom. The number of carbonyl (C=O) groups is 2. The van der Waals surface area contributed by atoms with Crippen molar-refractivity contribution >= 4 is 29.4 Å². The predicted molar refractivity (Wildman–Crippen MR) is 162 cm³/mol. The van der Waals surface area contributed by atoms with Crippen molar-refractivity contribution < 1.29 is 19.4 Å². The number of carbonyl (C=O) groups excluding carboxylic acids is 2. The number of Topliss-reactive ketones (excluding diaryl/α,β-unsaturated/α-hetero) is 1. The Morgan fingerprint density at radius 1 is 1.26 bits per heavy atom. The zero-order chi connectivity index (χ0) is 30.4. The fourth-order valence-corrected chi connectivity index (χ4v) is 6.77. The van der Waals surface area contributed by atoms with Gasteiger partial charge in [-0.25, -0.2) is 9.98 Å². The standard InChI is InChI=1S/C31H47N7O4/c1-19(2)35-26(40)17-21(32)12-15-34-25-18-27(42-20(3)23-10-8-16-38(23)4)37-30(36-25)28(33)22-9-7-14-31(29(22)41)13-6-5-11-24(31)39/h12,15,18-20,22-23,29,33,41H,5-11,13-14,16-17,32H2,1-4H3,(H,35,40)/t20-,22-,23-,29?,31+/m0/s1. The first-order valence-electron chi connectivity index (χ1n) is 15.3. The van der Waals surface area contributed by atoms with Crippen molar-refractivity contribution in [3.8, 4) is 5.88 Å². The van der Waals surface area contributed by atoms with Gasteiger partial charge < -0.3 is 26.3 Å². The summed E-state index contributed by atoms with van der Waals surface area (Å²) in [6.07, 6.45) is 9.01. The third kappa shape index (κ3) is 7.42. The number of likely N-dealkylation sites (N-methyl/N-ethyl adjacent to an activating group) is 1. The lowest BCUT2D eigenvalue weighted by molar-refractivity contribution is -0.145. The second kappa shape index (κ2) is 13.9. The van der Waals surface area contributed by atoms with Crippen LogP contribution in [-0.2, 0) is 9.59 Å². The summed E-state index contributed by atoms with van der Waals surface area (Å²) in [7, 11) is 2.08. The molecule has 1 aromatic rings. The van der Waals surface area contributed by atoms with Crippen LogP contribution in [0.2, 0.25) is 0 Å². The fraction of sp³-hybridized carbons (Fsp3) is 0.677. The SMILES string of the molecule is CC(C)NC(=O)CC(N)=CC=Nc1cc(O[C@@H](C)[C@@H]2CCCN2C)nc(C(=N)[C@@H]2CCC[C@@]3(CCCCC3=O)C2O)n1. The summed E-state index contributed by atoms with van der Waals surface area (Å²) in [6, 6.07) is 1.89. The zero-order valence-corrected chi connectivity index (χ0v) is 25.4. The molecular formula is C31H47N7O4. The number of aliphatic hydroxyl groups excluding tert-OH is 1. The normalized spacial score (nSPS) is 28.0. The maximum absolute atomic E-state index is 13.0. The Hall–Kier alpha value is -3.18. The Morgan fingerprint density at radius 2 is 2.02 bits per heavy atom. The molecule has 2 heterocycles. The summed E-state index contributed by atoms with van der Waals surface area (Å²) >= 11 is 0. The molecule has 5 N–H and O–H groups in total. The minimum absolute atomic E-state index is 0.0207. The lowest BCUT2D eigenvalue weighted by Gasteiger charge is -2.46. The molecule has 1 aromatic heterocycles. The van der Waals surface area contributed by atoms with E-state index in [2.05, 4.69) is 32.2 Å². The second-order valence-electron chi connectivity index (χ2n) is 12.5. The largest absolute Gasteiger partial charge is 0.473 e. The van der Waals surface area contributed by atoms with Gasteiger partial charge in [0.25, 0.3) is 0 Å². The number of likely N-dealkylation sites (tertiary alicyclic amines) is 1. The smallest absolute Gasteiger partial charge is 0.226 e. The molecule has 0 bridgehead atoms. The minimum atomic E-state index is -0.947. The summed E-state index contributed by atoms with van der Waals surface area (Å²) in [5, 5.41) is 23.4. The Labute approximate surface area is 248 Å². The third-order valence-electron chi connectivity index (χ3n) is 8.95. The average Bonchev–Trinajstić information content (AvgIpc) is 3.36. The molecule has 230 valence electrons. The number of ether oxygens (including phenoxy) is 1. The molecule has 11 nitrogen and oxygen atoms in total. The molecule has 11 heteroatoms. The average molecular weight is 582 g/mol. The Bertz CT molecular complexity index is 1210. The quantitative estimate of drug-likeness (QED) is 0.305. The van der Waals surface area contributed by atoms with Gasteiger partial charge >= 0.3 is 0 Å². The van der Waals surface area contributed by atoms with E-state index in [1.807, 2.05) is 20.8 Å². The number of rotatable bonds is 10. The number of allylic oxidation sites excluding steroid dienone is 1. The highest BCUT2D eigenvalue weighted by molar-refractivity contribution is 5.98. The number of hydrogen-bond donors (Lipinski definition) is 4. The van der Waals surface area contributed by atoms with Gasteiger partial charge in [-0.2, -0.15) is 4.98 Å². The third-order valence-corrected chi connectivity index (χ3v) is 8.95. The van der Waals surface area contributed by atoms with Crippen LogP contribution in [0, 0.1) is 16.7 Å². The number of aliphatic hydroxyl groups is 1. The molecule has 0 aromatic carbocycles. The van der Waals surface area contributed by atoms with Gasteiger partial charge in [0.15, 0.2) is 11.6 Å². The second-order valence-corrected chi connectivity index (χ2v) is 12.5. The molecule has 42 heavy (non-hydrogen) atoms. The van der Waals surface area contributed by atoms with Crippen LogP contribution >= 0.6 is 0 Å². The summed E-state index contributed by atoms with van der Waals surface area (Å²) in [5.74, 6) is 0.0862. The van der Waals surface area contributed by atoms with Crippen molar-refractivity contribution in [2.75, 3.05) is 13.6 Å². The summed E-state index contributed by atoms with van der Waals surface area (Å²) in [4.78, 5) is 40.9. The van der Waals surface area contributed by atoms with Crippen LogP contribution in [0.1, 0.15) is 90.8 Å². The topological polar surface area (TPSA) is 167 Å². The molecule has 2 aliphatic carbocycles. The van der Waals surface area contributed by atoms with Gasteiger partial charge in [0, 0.05) is 42.4 Å². The van der Waals surface area contributed by atoms with E-state index in [0.29, 0.717) is 37.3 Å². The number of aromatic nitrogens is 2. The Kier molecular flexibility index (Phi) is 10.5. The highest BCUT2D eigenvalue weighted by atomic mass is 16.5. The molecule has 3 aliphatic rings. The first kappa shape index (κ1) is 31.7. The van der Waals surface area contributed by atoms with E-state index in [4.69, 9.17) is 15.9 Å². The molecule has 1 spiro atoms. The number of hydrogen-bond acceptors (Lipinski definition) is 10. The van der Waals surface area contributed by atoms with Crippen LogP contribution in [0.25, 0.3) is 0 Å². The van der Waals surface area contributed by atoms with Crippen LogP contribution in [0.4, 0.5) is 5.82 Å². The molecule has 1 unspecified atom stereocenters. The Balaban J connectivity index is 1.59. The molecule has 0 radical (unpaired) electrons.